The number of rotatable bonds is 10. The Bertz CT molecular complexity index is 1250. The Morgan fingerprint density at radius 1 is 0.581 bits per heavy atom. The second-order valence-electron chi connectivity index (χ2n) is 6.16. The highest BCUT2D eigenvalue weighted by Crippen LogP contribution is 2.19. The summed E-state index contributed by atoms with van der Waals surface area (Å²) in [4.78, 5) is 4.85. The molecule has 2 aromatic rings. The van der Waals surface area contributed by atoms with Crippen molar-refractivity contribution in [3.8, 4) is 0 Å². The fraction of sp³-hybridized carbons (Fsp3) is 0.250. The van der Waals surface area contributed by atoms with Crippen LogP contribution in [0.2, 0.25) is 0 Å². The van der Waals surface area contributed by atoms with Gasteiger partial charge in [-0.25, -0.2) is 25.3 Å². The van der Waals surface area contributed by atoms with Crippen molar-refractivity contribution in [2.45, 2.75) is 9.79 Å². The number of benzene rings is 2. The molecule has 0 aliphatic carbocycles. The van der Waals surface area contributed by atoms with E-state index in [2.05, 4.69) is 20.1 Å². The third-order valence-electron chi connectivity index (χ3n) is 4.04. The normalized spacial score (nSPS) is 11.9. The molecule has 0 aromatic heterocycles. The van der Waals surface area contributed by atoms with E-state index in [-0.39, 0.29) is 21.2 Å². The maximum absolute atomic E-state index is 12.3. The predicted molar refractivity (Wildman–Crippen MR) is 113 cm³/mol. The molecule has 15 heteroatoms. The van der Waals surface area contributed by atoms with E-state index >= 15 is 0 Å². The Hall–Kier alpha value is -3.09. The van der Waals surface area contributed by atoms with Gasteiger partial charge in [0.25, 0.3) is 0 Å². The number of nitrogens with zero attached hydrogens (tertiary/aromatic N) is 6. The first-order valence-electron chi connectivity index (χ1n) is 8.45. The van der Waals surface area contributed by atoms with Crippen molar-refractivity contribution in [1.29, 1.82) is 0 Å². The molecule has 0 aliphatic heterocycles. The molecule has 0 unspecified atom stereocenters. The zero-order valence-corrected chi connectivity index (χ0v) is 18.3. The van der Waals surface area contributed by atoms with Gasteiger partial charge >= 0.3 is 0 Å². The quantitative estimate of drug-likeness (QED) is 0.281. The summed E-state index contributed by atoms with van der Waals surface area (Å²) in [6.07, 6.45) is 0. The molecule has 164 valence electrons. The first kappa shape index (κ1) is 24.2. The average molecular weight is 485 g/mol. The van der Waals surface area contributed by atoms with Crippen molar-refractivity contribution in [2.75, 3.05) is 23.0 Å². The summed E-state index contributed by atoms with van der Waals surface area (Å²) in [5.41, 5.74) is 17.1. The zero-order chi connectivity index (χ0) is 23.1. The van der Waals surface area contributed by atoms with Crippen LogP contribution in [0.3, 0.4) is 0 Å². The van der Waals surface area contributed by atoms with Crippen LogP contribution in [-0.4, -0.2) is 48.3 Å². The molecule has 0 radical (unpaired) electrons. The monoisotopic (exact) mass is 484 g/mol. The molecule has 0 amide bonds. The van der Waals surface area contributed by atoms with Crippen LogP contribution >= 0.6 is 0 Å². The van der Waals surface area contributed by atoms with Crippen molar-refractivity contribution >= 4 is 40.9 Å². The lowest BCUT2D eigenvalue weighted by atomic mass is 10.3. The Morgan fingerprint density at radius 3 is 1.19 bits per heavy atom. The molecule has 2 rings (SSSR count). The number of hydrogen-bond acceptors (Lipinski definition) is 8. The fourth-order valence-corrected chi connectivity index (χ4v) is 7.92. The second kappa shape index (κ2) is 9.81. The number of sulfone groups is 3. The summed E-state index contributed by atoms with van der Waals surface area (Å²) in [6.45, 7) is 0. The van der Waals surface area contributed by atoms with Crippen molar-refractivity contribution < 1.29 is 25.3 Å². The van der Waals surface area contributed by atoms with Gasteiger partial charge in [0, 0.05) is 21.2 Å². The molecular weight excluding hydrogens is 468 g/mol. The van der Waals surface area contributed by atoms with Gasteiger partial charge in [0.2, 0.25) is 0 Å². The SMILES string of the molecule is [N-]=[N+]=Nc1ccc(S(=O)(=O)CCS(=O)(=O)CCS(=O)(=O)c2ccc(N=[N+]=[N-])cc2)cc1. The van der Waals surface area contributed by atoms with Gasteiger partial charge in [0.05, 0.1) is 32.8 Å². The molecule has 0 spiro atoms. The van der Waals surface area contributed by atoms with Gasteiger partial charge in [-0.2, -0.15) is 0 Å². The minimum atomic E-state index is -3.99. The van der Waals surface area contributed by atoms with E-state index in [0.717, 1.165) is 0 Å². The maximum atomic E-state index is 12.3. The van der Waals surface area contributed by atoms with Crippen LogP contribution in [0.5, 0.6) is 0 Å². The Balaban J connectivity index is 2.03. The van der Waals surface area contributed by atoms with Crippen LogP contribution in [0.4, 0.5) is 11.4 Å². The van der Waals surface area contributed by atoms with Crippen molar-refractivity contribution in [1.82, 2.24) is 0 Å². The molecule has 0 N–H and O–H groups in total. The van der Waals surface area contributed by atoms with Gasteiger partial charge in [-0.05, 0) is 35.3 Å². The Kier molecular flexibility index (Phi) is 7.65. The third kappa shape index (κ3) is 6.98. The second-order valence-corrected chi connectivity index (χ2v) is 12.7. The topological polar surface area (TPSA) is 200 Å². The van der Waals surface area contributed by atoms with Crippen LogP contribution in [0, 0.1) is 0 Å². The van der Waals surface area contributed by atoms with Crippen molar-refractivity contribution in [2.24, 2.45) is 10.2 Å². The van der Waals surface area contributed by atoms with Crippen LogP contribution in [-0.2, 0) is 29.5 Å². The minimum absolute atomic E-state index is 0.146. The molecule has 12 nitrogen and oxygen atoms in total. The van der Waals surface area contributed by atoms with E-state index in [9.17, 15) is 25.3 Å². The molecule has 0 saturated heterocycles. The minimum Gasteiger partial charge on any atom is -0.229 e. The zero-order valence-electron chi connectivity index (χ0n) is 15.8. The molecule has 0 bridgehead atoms. The van der Waals surface area contributed by atoms with E-state index in [1.54, 1.807) is 0 Å². The summed E-state index contributed by atoms with van der Waals surface area (Å²) >= 11 is 0. The van der Waals surface area contributed by atoms with Gasteiger partial charge < -0.3 is 0 Å². The average Bonchev–Trinajstić information content (AvgIpc) is 2.73. The molecular formula is C16H16N6O6S3. The molecule has 0 fully saturated rings. The van der Waals surface area contributed by atoms with Gasteiger partial charge in [0.1, 0.15) is 0 Å². The largest absolute Gasteiger partial charge is 0.229 e. The Morgan fingerprint density at radius 2 is 0.903 bits per heavy atom. The molecule has 0 heterocycles. The summed E-state index contributed by atoms with van der Waals surface area (Å²) in [5, 5.41) is 6.63. The van der Waals surface area contributed by atoms with Gasteiger partial charge in [-0.3, -0.25) is 0 Å². The molecule has 0 aliphatic rings. The number of hydrogen-bond donors (Lipinski definition) is 0. The predicted octanol–water partition coefficient (Wildman–Crippen LogP) is 3.23. The van der Waals surface area contributed by atoms with E-state index in [1.165, 1.54) is 48.5 Å². The Labute approximate surface area is 178 Å². The summed E-state index contributed by atoms with van der Waals surface area (Å²) in [5.74, 6) is -2.95. The maximum Gasteiger partial charge on any atom is 0.179 e. The van der Waals surface area contributed by atoms with Crippen LogP contribution < -0.4 is 0 Å². The highest BCUT2D eigenvalue weighted by molar-refractivity contribution is 7.96. The third-order valence-corrected chi connectivity index (χ3v) is 9.67. The van der Waals surface area contributed by atoms with Gasteiger partial charge in [-0.1, -0.05) is 34.5 Å². The lowest BCUT2D eigenvalue weighted by molar-refractivity contribution is 0.585. The fourth-order valence-electron chi connectivity index (χ4n) is 2.35. The van der Waals surface area contributed by atoms with Gasteiger partial charge in [0.15, 0.2) is 29.5 Å². The lowest BCUT2D eigenvalue weighted by Crippen LogP contribution is -2.24. The molecule has 31 heavy (non-hydrogen) atoms. The summed E-state index contributed by atoms with van der Waals surface area (Å²) < 4.78 is 73.8. The van der Waals surface area contributed by atoms with Crippen LogP contribution in [0.1, 0.15) is 0 Å². The number of azide groups is 2. The van der Waals surface area contributed by atoms with E-state index in [1.807, 2.05) is 0 Å². The standard InChI is InChI=1S/C16H16N6O6S3/c17-21-19-13-1-5-15(6-2-13)30(25,26)11-9-29(23,24)10-12-31(27,28)16-7-3-14(4-8-16)20-22-18/h1-8H,9-12H2. The van der Waals surface area contributed by atoms with Crippen molar-refractivity contribution in [3.63, 3.8) is 0 Å². The van der Waals surface area contributed by atoms with Crippen molar-refractivity contribution in [3.05, 3.63) is 69.4 Å². The van der Waals surface area contributed by atoms with Crippen LogP contribution in [0.15, 0.2) is 68.6 Å². The first-order chi connectivity index (χ1) is 14.5. The summed E-state index contributed by atoms with van der Waals surface area (Å²) in [6, 6.07) is 9.88. The summed E-state index contributed by atoms with van der Waals surface area (Å²) in [7, 11) is -11.9. The molecule has 0 atom stereocenters. The smallest absolute Gasteiger partial charge is 0.179 e. The van der Waals surface area contributed by atoms with E-state index < -0.39 is 52.5 Å². The highest BCUT2D eigenvalue weighted by atomic mass is 32.2. The van der Waals surface area contributed by atoms with E-state index in [4.69, 9.17) is 11.1 Å². The molecule has 0 saturated carbocycles. The van der Waals surface area contributed by atoms with Crippen LogP contribution in [0.25, 0.3) is 20.9 Å². The molecule has 2 aromatic carbocycles. The lowest BCUT2D eigenvalue weighted by Gasteiger charge is -2.08. The van der Waals surface area contributed by atoms with Gasteiger partial charge in [-0.15, -0.1) is 0 Å². The van der Waals surface area contributed by atoms with E-state index in [0.29, 0.717) is 0 Å². The highest BCUT2D eigenvalue weighted by Gasteiger charge is 2.23. The first-order valence-corrected chi connectivity index (χ1v) is 13.6.